The quantitative estimate of drug-likeness (QED) is 0.233. The second-order valence-electron chi connectivity index (χ2n) is 8.06. The lowest BCUT2D eigenvalue weighted by Gasteiger charge is -2.34. The fourth-order valence-corrected chi connectivity index (χ4v) is 4.23. The first-order valence-corrected chi connectivity index (χ1v) is 12.9. The van der Waals surface area contributed by atoms with Crippen molar-refractivity contribution in [2.24, 2.45) is 11.8 Å². The van der Waals surface area contributed by atoms with Gasteiger partial charge in [0.1, 0.15) is 17.6 Å². The third-order valence-corrected chi connectivity index (χ3v) is 6.25. The van der Waals surface area contributed by atoms with Crippen LogP contribution >= 0.6 is 23.4 Å². The van der Waals surface area contributed by atoms with Crippen LogP contribution in [0, 0.1) is 5.92 Å². The van der Waals surface area contributed by atoms with Gasteiger partial charge in [-0.1, -0.05) is 20.8 Å². The standard InChI is InChI=1S/C19H39N3O4S.C2H5Cl/c1-6-16(26-19(27-5)17(24)14(4)23)13(3)21-18(25)15-10-9-12(2)8-7-11-22(15)20;1-2-3/h12-17,19,23-24H,6-11,20H2,1-5H3,(H,21,25);2H2,1H3. The van der Waals surface area contributed by atoms with E-state index in [1.54, 1.807) is 5.01 Å². The van der Waals surface area contributed by atoms with Crippen molar-refractivity contribution in [3.8, 4) is 0 Å². The Morgan fingerprint density at radius 2 is 1.90 bits per heavy atom. The number of nitrogens with two attached hydrogens (primary N) is 1. The van der Waals surface area contributed by atoms with Gasteiger partial charge in [-0.25, -0.2) is 5.01 Å². The molecular formula is C21H44ClN3O4S. The number of aliphatic hydroxyl groups is 2. The second-order valence-corrected chi connectivity index (χ2v) is 9.53. The average Bonchev–Trinajstić information content (AvgIpc) is 2.67. The number of rotatable bonds is 9. The second kappa shape index (κ2) is 16.5. The Hall–Kier alpha value is -0.0900. The summed E-state index contributed by atoms with van der Waals surface area (Å²) < 4.78 is 6.00. The maximum absolute atomic E-state index is 12.8. The van der Waals surface area contributed by atoms with E-state index in [0.29, 0.717) is 12.3 Å². The van der Waals surface area contributed by atoms with Crippen LogP contribution in [0.3, 0.4) is 0 Å². The fourth-order valence-electron chi connectivity index (χ4n) is 3.47. The summed E-state index contributed by atoms with van der Waals surface area (Å²) in [6.45, 7) is 10.3. The Balaban J connectivity index is 0.00000263. The minimum absolute atomic E-state index is 0.0714. The van der Waals surface area contributed by atoms with Crippen molar-refractivity contribution in [1.29, 1.82) is 0 Å². The lowest BCUT2D eigenvalue weighted by Crippen LogP contribution is -2.55. The summed E-state index contributed by atoms with van der Waals surface area (Å²) in [6.07, 6.45) is 4.27. The van der Waals surface area contributed by atoms with E-state index in [4.69, 9.17) is 22.2 Å². The number of thioether (sulfide) groups is 1. The first kappa shape index (κ1) is 29.9. The van der Waals surface area contributed by atoms with Crippen LogP contribution in [-0.4, -0.2) is 75.6 Å². The molecule has 0 radical (unpaired) electrons. The summed E-state index contributed by atoms with van der Waals surface area (Å²) in [4.78, 5) is 12.8. The Bertz CT molecular complexity index is 462. The summed E-state index contributed by atoms with van der Waals surface area (Å²) in [7, 11) is 0. The number of nitrogens with one attached hydrogen (secondary N) is 1. The zero-order chi connectivity index (χ0) is 23.3. The summed E-state index contributed by atoms with van der Waals surface area (Å²) in [5.41, 5.74) is -0.553. The molecule has 0 aliphatic carbocycles. The lowest BCUT2D eigenvalue weighted by atomic mass is 9.94. The van der Waals surface area contributed by atoms with Gasteiger partial charge in [0.15, 0.2) is 0 Å². The number of amides is 1. The van der Waals surface area contributed by atoms with Crippen LogP contribution in [0.5, 0.6) is 0 Å². The molecule has 1 aliphatic heterocycles. The van der Waals surface area contributed by atoms with Crippen LogP contribution in [-0.2, 0) is 9.53 Å². The van der Waals surface area contributed by atoms with E-state index in [0.717, 1.165) is 38.1 Å². The molecule has 1 rings (SSSR count). The van der Waals surface area contributed by atoms with E-state index in [1.807, 2.05) is 27.0 Å². The van der Waals surface area contributed by atoms with Gasteiger partial charge in [-0.3, -0.25) is 10.6 Å². The van der Waals surface area contributed by atoms with Gasteiger partial charge in [0.05, 0.1) is 18.2 Å². The van der Waals surface area contributed by atoms with Gasteiger partial charge in [0.2, 0.25) is 5.91 Å². The predicted octanol–water partition coefficient (Wildman–Crippen LogP) is 2.72. The molecule has 5 N–H and O–H groups in total. The molecule has 1 aliphatic rings. The minimum atomic E-state index is -0.983. The van der Waals surface area contributed by atoms with Crippen molar-refractivity contribution in [2.45, 2.75) is 103 Å². The molecule has 7 unspecified atom stereocenters. The van der Waals surface area contributed by atoms with E-state index >= 15 is 0 Å². The van der Waals surface area contributed by atoms with Crippen molar-refractivity contribution < 1.29 is 19.7 Å². The maximum Gasteiger partial charge on any atom is 0.239 e. The predicted molar refractivity (Wildman–Crippen MR) is 126 cm³/mol. The summed E-state index contributed by atoms with van der Waals surface area (Å²) in [5, 5.41) is 24.5. The van der Waals surface area contributed by atoms with E-state index < -0.39 is 17.6 Å². The molecular weight excluding hydrogens is 426 g/mol. The summed E-state index contributed by atoms with van der Waals surface area (Å²) in [6, 6.07) is -0.554. The Morgan fingerprint density at radius 3 is 2.40 bits per heavy atom. The van der Waals surface area contributed by atoms with Crippen LogP contribution in [0.4, 0.5) is 0 Å². The van der Waals surface area contributed by atoms with Gasteiger partial charge < -0.3 is 20.3 Å². The largest absolute Gasteiger partial charge is 0.391 e. The van der Waals surface area contributed by atoms with Crippen LogP contribution in [0.15, 0.2) is 0 Å². The van der Waals surface area contributed by atoms with Gasteiger partial charge in [-0.15, -0.1) is 23.4 Å². The molecule has 30 heavy (non-hydrogen) atoms. The molecule has 180 valence electrons. The molecule has 0 aromatic carbocycles. The monoisotopic (exact) mass is 469 g/mol. The number of carbonyl (C=O) groups is 1. The van der Waals surface area contributed by atoms with Gasteiger partial charge in [-0.05, 0) is 58.1 Å². The normalized spacial score (nSPS) is 25.5. The Morgan fingerprint density at radius 1 is 1.30 bits per heavy atom. The number of carbonyl (C=O) groups excluding carboxylic acids is 1. The topological polar surface area (TPSA) is 108 Å². The van der Waals surface area contributed by atoms with Gasteiger partial charge >= 0.3 is 0 Å². The number of hydrogen-bond acceptors (Lipinski definition) is 7. The van der Waals surface area contributed by atoms with Crippen LogP contribution < -0.4 is 11.2 Å². The van der Waals surface area contributed by atoms with Crippen molar-refractivity contribution in [2.75, 3.05) is 18.7 Å². The van der Waals surface area contributed by atoms with E-state index in [9.17, 15) is 15.0 Å². The summed E-state index contributed by atoms with van der Waals surface area (Å²) in [5.74, 6) is 7.40. The molecule has 0 spiro atoms. The molecule has 1 amide bonds. The number of nitrogens with zero attached hydrogens (tertiary/aromatic N) is 1. The summed E-state index contributed by atoms with van der Waals surface area (Å²) >= 11 is 6.35. The van der Waals surface area contributed by atoms with Gasteiger partial charge in [0, 0.05) is 12.4 Å². The number of hydrazine groups is 1. The van der Waals surface area contributed by atoms with E-state index in [1.165, 1.54) is 18.7 Å². The minimum Gasteiger partial charge on any atom is -0.391 e. The maximum atomic E-state index is 12.8. The lowest BCUT2D eigenvalue weighted by molar-refractivity contribution is -0.130. The third-order valence-electron chi connectivity index (χ3n) is 5.39. The highest BCUT2D eigenvalue weighted by atomic mass is 35.5. The van der Waals surface area contributed by atoms with E-state index in [2.05, 4.69) is 12.2 Å². The highest BCUT2D eigenvalue weighted by Crippen LogP contribution is 2.22. The highest BCUT2D eigenvalue weighted by Gasteiger charge is 2.31. The number of hydrogen-bond donors (Lipinski definition) is 4. The SMILES string of the molecule is CCC(OC(SC)C(O)C(C)O)C(C)NC(=O)C1CCC(C)CCCN1N.CCCl. The smallest absolute Gasteiger partial charge is 0.239 e. The Labute approximate surface area is 192 Å². The molecule has 0 aromatic heterocycles. The highest BCUT2D eigenvalue weighted by molar-refractivity contribution is 7.99. The molecule has 1 saturated heterocycles. The van der Waals surface area contributed by atoms with Crippen molar-refractivity contribution in [3.05, 3.63) is 0 Å². The molecule has 0 saturated carbocycles. The van der Waals surface area contributed by atoms with Crippen molar-refractivity contribution in [3.63, 3.8) is 0 Å². The van der Waals surface area contributed by atoms with Crippen LogP contribution in [0.2, 0.25) is 0 Å². The Kier molecular flexibility index (Phi) is 16.5. The molecule has 9 heteroatoms. The molecule has 0 bridgehead atoms. The molecule has 7 atom stereocenters. The van der Waals surface area contributed by atoms with Crippen LogP contribution in [0.1, 0.15) is 66.7 Å². The van der Waals surface area contributed by atoms with Gasteiger partial charge in [0.25, 0.3) is 0 Å². The number of alkyl halides is 1. The van der Waals surface area contributed by atoms with Crippen LogP contribution in [0.25, 0.3) is 0 Å². The zero-order valence-corrected chi connectivity index (χ0v) is 21.1. The molecule has 1 heterocycles. The zero-order valence-electron chi connectivity index (χ0n) is 19.5. The van der Waals surface area contributed by atoms with Gasteiger partial charge in [-0.2, -0.15) is 0 Å². The van der Waals surface area contributed by atoms with E-state index in [-0.39, 0.29) is 24.1 Å². The molecule has 1 fully saturated rings. The number of aliphatic hydroxyl groups excluding tert-OH is 2. The fraction of sp³-hybridized carbons (Fsp3) is 0.952. The third kappa shape index (κ3) is 11.0. The molecule has 7 nitrogen and oxygen atoms in total. The number of halogens is 1. The number of ether oxygens (including phenoxy) is 1. The first-order valence-electron chi connectivity index (χ1n) is 11.0. The average molecular weight is 470 g/mol. The molecule has 0 aromatic rings. The van der Waals surface area contributed by atoms with Crippen molar-refractivity contribution >= 4 is 29.3 Å². The first-order chi connectivity index (χ1) is 14.1. The van der Waals surface area contributed by atoms with Crippen molar-refractivity contribution in [1.82, 2.24) is 10.3 Å².